The monoisotopic (exact) mass is 450 g/mol. The van der Waals surface area contributed by atoms with Gasteiger partial charge in [-0.2, -0.15) is 0 Å². The van der Waals surface area contributed by atoms with Crippen molar-refractivity contribution >= 4 is 17.6 Å². The topological polar surface area (TPSA) is 102 Å². The van der Waals surface area contributed by atoms with Crippen molar-refractivity contribution in [3.8, 4) is 11.3 Å². The van der Waals surface area contributed by atoms with E-state index in [4.69, 9.17) is 13.9 Å². The van der Waals surface area contributed by atoms with Gasteiger partial charge in [0.05, 0.1) is 19.9 Å². The zero-order chi connectivity index (χ0) is 23.5. The number of hydrogen-bond donors (Lipinski definition) is 1. The molecule has 8 heteroatoms. The highest BCUT2D eigenvalue weighted by atomic mass is 16.5. The lowest BCUT2D eigenvalue weighted by molar-refractivity contribution is 0.0529. The molecule has 0 fully saturated rings. The molecule has 3 aromatic rings. The first kappa shape index (κ1) is 22.5. The van der Waals surface area contributed by atoms with Crippen molar-refractivity contribution in [2.24, 2.45) is 0 Å². The van der Waals surface area contributed by atoms with E-state index in [0.717, 1.165) is 12.8 Å². The molecule has 33 heavy (non-hydrogen) atoms. The number of aromatic nitrogens is 1. The zero-order valence-corrected chi connectivity index (χ0v) is 18.8. The van der Waals surface area contributed by atoms with Crippen molar-refractivity contribution in [3.63, 3.8) is 0 Å². The summed E-state index contributed by atoms with van der Waals surface area (Å²) in [4.78, 5) is 32.0. The molecule has 2 aromatic heterocycles. The molecular weight excluding hydrogens is 424 g/mol. The summed E-state index contributed by atoms with van der Waals surface area (Å²) < 4.78 is 15.9. The lowest BCUT2D eigenvalue weighted by Gasteiger charge is -2.35. The van der Waals surface area contributed by atoms with Gasteiger partial charge in [0.2, 0.25) is 5.76 Å². The number of fused-ring (bicyclic) bond motifs is 3. The van der Waals surface area contributed by atoms with E-state index < -0.39 is 24.1 Å². The molecule has 0 saturated carbocycles. The van der Waals surface area contributed by atoms with Gasteiger partial charge in [0, 0.05) is 18.3 Å². The second-order valence-electron chi connectivity index (χ2n) is 7.75. The number of hydrogen-bond acceptors (Lipinski definition) is 8. The molecule has 0 amide bonds. The first-order chi connectivity index (χ1) is 16.0. The molecule has 0 bridgehead atoms. The van der Waals surface area contributed by atoms with Crippen LogP contribution in [0.2, 0.25) is 0 Å². The Hall–Kier alpha value is -3.65. The third kappa shape index (κ3) is 3.87. The van der Waals surface area contributed by atoms with Gasteiger partial charge in [-0.3, -0.25) is 4.98 Å². The number of aliphatic hydroxyl groups is 1. The van der Waals surface area contributed by atoms with Crippen LogP contribution in [0.15, 0.2) is 53.1 Å². The highest BCUT2D eigenvalue weighted by Gasteiger charge is 2.43. The van der Waals surface area contributed by atoms with E-state index in [0.29, 0.717) is 34.8 Å². The molecular formula is C25H26N2O6. The molecule has 0 unspecified atom stereocenters. The number of esters is 2. The number of methoxy groups -OCH3 is 2. The summed E-state index contributed by atoms with van der Waals surface area (Å²) in [6.45, 7) is 2.54. The number of carbonyl (C=O) groups excluding carboxylic acids is 2. The normalized spacial score (nSPS) is 17.0. The van der Waals surface area contributed by atoms with E-state index >= 15 is 0 Å². The number of aliphatic hydroxyl groups excluding tert-OH is 1. The van der Waals surface area contributed by atoms with Gasteiger partial charge in [-0.25, -0.2) is 9.59 Å². The minimum atomic E-state index is -0.970. The van der Waals surface area contributed by atoms with Crippen molar-refractivity contribution < 1.29 is 28.6 Å². The Morgan fingerprint density at radius 2 is 1.82 bits per heavy atom. The fourth-order valence-corrected chi connectivity index (χ4v) is 4.30. The van der Waals surface area contributed by atoms with E-state index in [1.807, 2.05) is 29.2 Å². The molecule has 0 spiro atoms. The number of anilines is 1. The van der Waals surface area contributed by atoms with Crippen molar-refractivity contribution in [3.05, 3.63) is 71.2 Å². The van der Waals surface area contributed by atoms with Crippen LogP contribution < -0.4 is 4.90 Å². The van der Waals surface area contributed by atoms with Crippen LogP contribution >= 0.6 is 0 Å². The number of furan rings is 1. The van der Waals surface area contributed by atoms with Gasteiger partial charge in [0.25, 0.3) is 0 Å². The van der Waals surface area contributed by atoms with Crippen molar-refractivity contribution in [2.45, 2.75) is 31.9 Å². The summed E-state index contributed by atoms with van der Waals surface area (Å²) in [5, 5.41) is 11.6. The Labute approximate surface area is 191 Å². The molecule has 1 aliphatic heterocycles. The van der Waals surface area contributed by atoms with Crippen LogP contribution in [0.5, 0.6) is 0 Å². The fourth-order valence-electron chi connectivity index (χ4n) is 4.30. The van der Waals surface area contributed by atoms with Crippen LogP contribution in [0.1, 0.15) is 64.1 Å². The van der Waals surface area contributed by atoms with Gasteiger partial charge in [-0.05, 0) is 24.1 Å². The molecule has 4 rings (SSSR count). The molecule has 2 atom stereocenters. The van der Waals surface area contributed by atoms with E-state index in [1.165, 1.54) is 14.2 Å². The van der Waals surface area contributed by atoms with E-state index in [1.54, 1.807) is 24.4 Å². The molecule has 1 N–H and O–H groups in total. The zero-order valence-electron chi connectivity index (χ0n) is 18.8. The summed E-state index contributed by atoms with van der Waals surface area (Å²) >= 11 is 0. The van der Waals surface area contributed by atoms with Crippen molar-refractivity contribution in [2.75, 3.05) is 25.7 Å². The molecule has 1 aromatic carbocycles. The molecule has 1 aliphatic rings. The summed E-state index contributed by atoms with van der Waals surface area (Å²) in [6.07, 6.45) is 2.33. The van der Waals surface area contributed by atoms with Crippen LogP contribution in [0.4, 0.5) is 5.69 Å². The smallest absolute Gasteiger partial charge is 0.374 e. The van der Waals surface area contributed by atoms with E-state index in [-0.39, 0.29) is 11.3 Å². The van der Waals surface area contributed by atoms with Gasteiger partial charge < -0.3 is 23.9 Å². The predicted octanol–water partition coefficient (Wildman–Crippen LogP) is 4.31. The van der Waals surface area contributed by atoms with Crippen LogP contribution in [-0.2, 0) is 9.47 Å². The van der Waals surface area contributed by atoms with Crippen LogP contribution in [-0.4, -0.2) is 42.8 Å². The SMILES string of the molecule is CCCCN1c2c(oc(C(=O)OC)c2C(=O)OC)-c2ccccc2[C@@H](O)[C@H]1c1ccccn1. The first-order valence-corrected chi connectivity index (χ1v) is 10.8. The Bertz CT molecular complexity index is 1160. The molecule has 3 heterocycles. The lowest BCUT2D eigenvalue weighted by atomic mass is 9.95. The average molecular weight is 450 g/mol. The third-order valence-electron chi connectivity index (χ3n) is 5.83. The molecule has 0 radical (unpaired) electrons. The number of unbranched alkanes of at least 4 members (excludes halogenated alkanes) is 1. The van der Waals surface area contributed by atoms with Gasteiger partial charge in [-0.1, -0.05) is 43.7 Å². The Balaban J connectivity index is 2.09. The van der Waals surface area contributed by atoms with Gasteiger partial charge in [0.1, 0.15) is 23.4 Å². The maximum absolute atomic E-state index is 13.0. The number of nitrogens with zero attached hydrogens (tertiary/aromatic N) is 2. The lowest BCUT2D eigenvalue weighted by Crippen LogP contribution is -2.34. The predicted molar refractivity (Wildman–Crippen MR) is 121 cm³/mol. The number of carbonyl (C=O) groups is 2. The number of ether oxygens (including phenoxy) is 2. The summed E-state index contributed by atoms with van der Waals surface area (Å²) in [6, 6.07) is 12.1. The number of pyridine rings is 1. The number of benzene rings is 1. The fraction of sp³-hybridized carbons (Fsp3) is 0.320. The standard InChI is InChI=1S/C25H26N2O6/c1-4-5-14-27-19(17-12-8-9-13-26-17)21(28)15-10-6-7-11-16(15)22-20(27)18(24(29)31-2)23(33-22)25(30)32-3/h6-13,19,21,28H,4-5,14H2,1-3H3/t19-,21-/m1/s1. The number of rotatable bonds is 6. The first-order valence-electron chi connectivity index (χ1n) is 10.8. The second-order valence-corrected chi connectivity index (χ2v) is 7.75. The summed E-state index contributed by atoms with van der Waals surface area (Å²) in [7, 11) is 2.47. The largest absolute Gasteiger partial charge is 0.465 e. The minimum absolute atomic E-state index is 0.0275. The Morgan fingerprint density at radius 1 is 1.09 bits per heavy atom. The van der Waals surface area contributed by atoms with Gasteiger partial charge in [0.15, 0.2) is 5.76 Å². The van der Waals surface area contributed by atoms with Crippen molar-refractivity contribution in [1.29, 1.82) is 0 Å². The van der Waals surface area contributed by atoms with Crippen LogP contribution in [0.3, 0.4) is 0 Å². The maximum Gasteiger partial charge on any atom is 0.374 e. The van der Waals surface area contributed by atoms with Crippen LogP contribution in [0, 0.1) is 0 Å². The van der Waals surface area contributed by atoms with Crippen LogP contribution in [0.25, 0.3) is 11.3 Å². The minimum Gasteiger partial charge on any atom is -0.465 e. The maximum atomic E-state index is 13.0. The quantitative estimate of drug-likeness (QED) is 0.555. The third-order valence-corrected chi connectivity index (χ3v) is 5.83. The molecule has 172 valence electrons. The summed E-state index contributed by atoms with van der Waals surface area (Å²) in [5.74, 6) is -1.44. The highest BCUT2D eigenvalue weighted by Crippen LogP contribution is 2.51. The molecule has 0 aliphatic carbocycles. The van der Waals surface area contributed by atoms with Crippen molar-refractivity contribution in [1.82, 2.24) is 4.98 Å². The van der Waals surface area contributed by atoms with E-state index in [9.17, 15) is 14.7 Å². The summed E-state index contributed by atoms with van der Waals surface area (Å²) in [5.41, 5.74) is 2.17. The molecule has 8 nitrogen and oxygen atoms in total. The Kier molecular flexibility index (Phi) is 6.46. The van der Waals surface area contributed by atoms with Gasteiger partial charge >= 0.3 is 11.9 Å². The average Bonchev–Trinajstić information content (AvgIpc) is 3.22. The van der Waals surface area contributed by atoms with Gasteiger partial charge in [-0.15, -0.1) is 0 Å². The second kappa shape index (κ2) is 9.46. The highest BCUT2D eigenvalue weighted by molar-refractivity contribution is 6.09. The Morgan fingerprint density at radius 3 is 2.48 bits per heavy atom. The van der Waals surface area contributed by atoms with E-state index in [2.05, 4.69) is 11.9 Å². The molecule has 0 saturated heterocycles.